The van der Waals surface area contributed by atoms with E-state index in [2.05, 4.69) is 5.32 Å². The van der Waals surface area contributed by atoms with Crippen LogP contribution < -0.4 is 11.1 Å². The fourth-order valence-electron chi connectivity index (χ4n) is 1.70. The van der Waals surface area contributed by atoms with E-state index >= 15 is 0 Å². The first-order valence-corrected chi connectivity index (χ1v) is 6.19. The number of carbonyl (C=O) groups is 2. The molecule has 0 aliphatic heterocycles. The summed E-state index contributed by atoms with van der Waals surface area (Å²) in [5, 5.41) is 21.3. The Hall–Kier alpha value is -2.73. The summed E-state index contributed by atoms with van der Waals surface area (Å²) in [6.07, 6.45) is 0. The first-order valence-electron chi connectivity index (χ1n) is 5.81. The zero-order valence-electron chi connectivity index (χ0n) is 10.6. The molecule has 108 valence electrons. The Morgan fingerprint density at radius 1 is 1.14 bits per heavy atom. The molecule has 0 aromatic heterocycles. The number of anilines is 2. The lowest BCUT2D eigenvalue weighted by Crippen LogP contribution is -2.13. The molecule has 0 aliphatic carbocycles. The van der Waals surface area contributed by atoms with Crippen molar-refractivity contribution >= 4 is 34.9 Å². The Balaban J connectivity index is 2.25. The highest BCUT2D eigenvalue weighted by molar-refractivity contribution is 6.31. The Kier molecular flexibility index (Phi) is 4.00. The van der Waals surface area contributed by atoms with Crippen molar-refractivity contribution < 1.29 is 19.8 Å². The molecule has 0 fully saturated rings. The van der Waals surface area contributed by atoms with Gasteiger partial charge in [0.25, 0.3) is 5.91 Å². The third kappa shape index (κ3) is 3.24. The lowest BCUT2D eigenvalue weighted by atomic mass is 10.1. The monoisotopic (exact) mass is 306 g/mol. The number of phenols is 1. The molecule has 0 heterocycles. The van der Waals surface area contributed by atoms with Gasteiger partial charge in [0.2, 0.25) is 0 Å². The predicted octanol–water partition coefficient (Wildman–Crippen LogP) is 2.58. The largest absolute Gasteiger partial charge is 0.507 e. The quantitative estimate of drug-likeness (QED) is 0.651. The van der Waals surface area contributed by atoms with Gasteiger partial charge in [0.15, 0.2) is 0 Å². The van der Waals surface area contributed by atoms with E-state index in [4.69, 9.17) is 22.4 Å². The second-order valence-corrected chi connectivity index (χ2v) is 4.66. The molecule has 0 aliphatic rings. The van der Waals surface area contributed by atoms with Crippen LogP contribution in [0.3, 0.4) is 0 Å². The summed E-state index contributed by atoms with van der Waals surface area (Å²) in [6.45, 7) is 0. The van der Waals surface area contributed by atoms with Gasteiger partial charge in [0.05, 0.1) is 22.5 Å². The van der Waals surface area contributed by atoms with Gasteiger partial charge in [0, 0.05) is 5.02 Å². The molecule has 0 radical (unpaired) electrons. The van der Waals surface area contributed by atoms with Crippen LogP contribution in [0.25, 0.3) is 0 Å². The van der Waals surface area contributed by atoms with Gasteiger partial charge in [-0.15, -0.1) is 0 Å². The molecule has 0 saturated carbocycles. The number of nitrogen functional groups attached to an aromatic ring is 1. The van der Waals surface area contributed by atoms with Crippen LogP contribution in [-0.2, 0) is 0 Å². The van der Waals surface area contributed by atoms with E-state index in [9.17, 15) is 14.7 Å². The van der Waals surface area contributed by atoms with Crippen molar-refractivity contribution in [3.05, 3.63) is 52.5 Å². The number of hydrogen-bond acceptors (Lipinski definition) is 4. The second-order valence-electron chi connectivity index (χ2n) is 4.22. The maximum Gasteiger partial charge on any atom is 0.335 e. The van der Waals surface area contributed by atoms with Gasteiger partial charge < -0.3 is 21.3 Å². The topological polar surface area (TPSA) is 113 Å². The fraction of sp³-hybridized carbons (Fsp3) is 0. The van der Waals surface area contributed by atoms with Crippen LogP contribution in [0, 0.1) is 0 Å². The molecule has 1 amide bonds. The Bertz CT molecular complexity index is 731. The van der Waals surface area contributed by atoms with E-state index in [1.165, 1.54) is 36.4 Å². The number of carbonyl (C=O) groups excluding carboxylic acids is 1. The molecule has 2 aromatic carbocycles. The smallest absolute Gasteiger partial charge is 0.335 e. The summed E-state index contributed by atoms with van der Waals surface area (Å²) in [5.74, 6) is -1.96. The fourth-order valence-corrected chi connectivity index (χ4v) is 1.86. The highest BCUT2D eigenvalue weighted by atomic mass is 35.5. The minimum absolute atomic E-state index is 0.0137. The van der Waals surface area contributed by atoms with Crippen LogP contribution in [0.4, 0.5) is 11.4 Å². The number of halogens is 1. The molecule has 2 rings (SSSR count). The van der Waals surface area contributed by atoms with Crippen molar-refractivity contribution in [2.75, 3.05) is 11.1 Å². The number of carboxylic acids is 1. The maximum absolute atomic E-state index is 12.0. The van der Waals surface area contributed by atoms with Crippen molar-refractivity contribution in [3.8, 4) is 5.75 Å². The highest BCUT2D eigenvalue weighted by Crippen LogP contribution is 2.25. The number of benzene rings is 2. The predicted molar refractivity (Wildman–Crippen MR) is 78.9 cm³/mol. The molecule has 0 bridgehead atoms. The van der Waals surface area contributed by atoms with Gasteiger partial charge in [-0.1, -0.05) is 11.6 Å². The van der Waals surface area contributed by atoms with Gasteiger partial charge in [-0.3, -0.25) is 4.79 Å². The average Bonchev–Trinajstić information content (AvgIpc) is 2.40. The Morgan fingerprint density at radius 2 is 1.86 bits per heavy atom. The van der Waals surface area contributed by atoms with Gasteiger partial charge >= 0.3 is 5.97 Å². The molecule has 21 heavy (non-hydrogen) atoms. The number of rotatable bonds is 3. The summed E-state index contributed by atoms with van der Waals surface area (Å²) in [7, 11) is 0. The third-order valence-electron chi connectivity index (χ3n) is 2.75. The second kappa shape index (κ2) is 5.72. The van der Waals surface area contributed by atoms with Gasteiger partial charge in [-0.2, -0.15) is 0 Å². The number of nitrogens with two attached hydrogens (primary N) is 1. The zero-order valence-corrected chi connectivity index (χ0v) is 11.4. The number of hydrogen-bond donors (Lipinski definition) is 4. The molecule has 5 N–H and O–H groups in total. The number of nitrogens with one attached hydrogen (secondary N) is 1. The number of aromatic carboxylic acids is 1. The number of amides is 1. The van der Waals surface area contributed by atoms with E-state index in [1.54, 1.807) is 0 Å². The number of aromatic hydroxyl groups is 1. The minimum atomic E-state index is -1.12. The molecule has 0 saturated heterocycles. The van der Waals surface area contributed by atoms with Crippen LogP contribution in [0.15, 0.2) is 36.4 Å². The van der Waals surface area contributed by atoms with Crippen LogP contribution in [0.5, 0.6) is 5.75 Å². The third-order valence-corrected chi connectivity index (χ3v) is 2.99. The molecule has 0 spiro atoms. The van der Waals surface area contributed by atoms with Crippen molar-refractivity contribution in [1.82, 2.24) is 0 Å². The van der Waals surface area contributed by atoms with Gasteiger partial charge in [-0.25, -0.2) is 4.79 Å². The van der Waals surface area contributed by atoms with Crippen molar-refractivity contribution in [1.29, 1.82) is 0 Å². The SMILES string of the molecule is Nc1cc(C(=O)O)ccc1NC(=O)c1ccc(Cl)cc1O. The summed E-state index contributed by atoms with van der Waals surface area (Å²) >= 11 is 5.69. The molecular formula is C14H11ClN2O4. The Morgan fingerprint density at radius 3 is 2.43 bits per heavy atom. The minimum Gasteiger partial charge on any atom is -0.507 e. The number of phenolic OH excluding ortho intramolecular Hbond substituents is 1. The average molecular weight is 307 g/mol. The molecule has 0 unspecified atom stereocenters. The first kappa shape index (κ1) is 14.7. The lowest BCUT2D eigenvalue weighted by molar-refractivity contribution is 0.0696. The van der Waals surface area contributed by atoms with E-state index in [0.717, 1.165) is 0 Å². The van der Waals surface area contributed by atoms with Gasteiger partial charge in [0.1, 0.15) is 5.75 Å². The summed E-state index contributed by atoms with van der Waals surface area (Å²) in [5.41, 5.74) is 6.09. The molecular weight excluding hydrogens is 296 g/mol. The summed E-state index contributed by atoms with van der Waals surface area (Å²) in [6, 6.07) is 8.01. The summed E-state index contributed by atoms with van der Waals surface area (Å²) in [4.78, 5) is 22.8. The zero-order chi connectivity index (χ0) is 15.6. The molecule has 7 heteroatoms. The van der Waals surface area contributed by atoms with Crippen molar-refractivity contribution in [3.63, 3.8) is 0 Å². The molecule has 6 nitrogen and oxygen atoms in total. The normalized spacial score (nSPS) is 10.1. The van der Waals surface area contributed by atoms with Crippen LogP contribution in [0.2, 0.25) is 5.02 Å². The van der Waals surface area contributed by atoms with Crippen LogP contribution in [-0.4, -0.2) is 22.1 Å². The standard InChI is InChI=1S/C14H11ClN2O4/c15-8-2-3-9(12(18)6-8)13(19)17-11-4-1-7(14(20)21)5-10(11)16/h1-6,18H,16H2,(H,17,19)(H,20,21). The van der Waals surface area contributed by atoms with Gasteiger partial charge in [-0.05, 0) is 36.4 Å². The first-order chi connectivity index (χ1) is 9.88. The Labute approximate surface area is 124 Å². The maximum atomic E-state index is 12.0. The van der Waals surface area contributed by atoms with E-state index in [-0.39, 0.29) is 28.3 Å². The molecule has 2 aromatic rings. The summed E-state index contributed by atoms with van der Waals surface area (Å²) < 4.78 is 0. The van der Waals surface area contributed by atoms with E-state index < -0.39 is 11.9 Å². The van der Waals surface area contributed by atoms with E-state index in [1.807, 2.05) is 0 Å². The van der Waals surface area contributed by atoms with E-state index in [0.29, 0.717) is 5.02 Å². The van der Waals surface area contributed by atoms with Crippen molar-refractivity contribution in [2.45, 2.75) is 0 Å². The van der Waals surface area contributed by atoms with Crippen LogP contribution >= 0.6 is 11.6 Å². The number of carboxylic acid groups (broad SMARTS) is 1. The lowest BCUT2D eigenvalue weighted by Gasteiger charge is -2.10. The molecule has 0 atom stereocenters. The highest BCUT2D eigenvalue weighted by Gasteiger charge is 2.14. The van der Waals surface area contributed by atoms with Crippen LogP contribution in [0.1, 0.15) is 20.7 Å². The van der Waals surface area contributed by atoms with Crippen molar-refractivity contribution in [2.24, 2.45) is 0 Å².